The van der Waals surface area contributed by atoms with Gasteiger partial charge in [-0.25, -0.2) is 0 Å². The predicted molar refractivity (Wildman–Crippen MR) is 111 cm³/mol. The van der Waals surface area contributed by atoms with Crippen LogP contribution < -0.4 is 9.62 Å². The van der Waals surface area contributed by atoms with Crippen molar-refractivity contribution in [1.82, 2.24) is 19.4 Å². The summed E-state index contributed by atoms with van der Waals surface area (Å²) in [5.74, 6) is 0.602. The summed E-state index contributed by atoms with van der Waals surface area (Å²) in [4.78, 5) is 22.7. The van der Waals surface area contributed by atoms with Crippen LogP contribution in [0.4, 0.5) is 5.69 Å². The highest BCUT2D eigenvalue weighted by atomic mass is 35.5. The van der Waals surface area contributed by atoms with E-state index < -0.39 is 0 Å². The summed E-state index contributed by atoms with van der Waals surface area (Å²) < 4.78 is 5.22. The largest absolute Gasteiger partial charge is 0.308 e. The summed E-state index contributed by atoms with van der Waals surface area (Å²) in [6, 6.07) is 3.88. The predicted octanol–water partition coefficient (Wildman–Crippen LogP) is 3.05. The minimum Gasteiger partial charge on any atom is -0.308 e. The van der Waals surface area contributed by atoms with Crippen molar-refractivity contribution in [2.24, 2.45) is 12.0 Å². The van der Waals surface area contributed by atoms with Crippen LogP contribution in [-0.2, 0) is 13.6 Å². The van der Waals surface area contributed by atoms with Gasteiger partial charge in [0.25, 0.3) is 5.91 Å². The molecule has 146 valence electrons. The summed E-state index contributed by atoms with van der Waals surface area (Å²) in [7, 11) is 1.87. The van der Waals surface area contributed by atoms with Gasteiger partial charge in [-0.05, 0) is 43.8 Å². The summed E-state index contributed by atoms with van der Waals surface area (Å²) in [6.07, 6.45) is 6.04. The first-order valence-corrected chi connectivity index (χ1v) is 10.5. The molecule has 1 saturated carbocycles. The third-order valence-electron chi connectivity index (χ3n) is 5.36. The number of aryl methyl sites for hydroxylation is 1. The molecule has 0 saturated heterocycles. The maximum atomic E-state index is 13.4. The minimum atomic E-state index is -0.0715. The fourth-order valence-electron chi connectivity index (χ4n) is 3.54. The first-order chi connectivity index (χ1) is 13.4. The van der Waals surface area contributed by atoms with Crippen molar-refractivity contribution in [1.29, 1.82) is 0 Å². The molecule has 5 rings (SSSR count). The van der Waals surface area contributed by atoms with E-state index in [1.807, 2.05) is 25.4 Å². The summed E-state index contributed by atoms with van der Waals surface area (Å²) in [5, 5.41) is 4.80. The van der Waals surface area contributed by atoms with E-state index in [0.717, 1.165) is 22.7 Å². The Kier molecular flexibility index (Phi) is 4.19. The number of nitrogens with one attached hydrogen (secondary N) is 1. The van der Waals surface area contributed by atoms with Gasteiger partial charge in [-0.2, -0.15) is 5.10 Å². The van der Waals surface area contributed by atoms with Crippen LogP contribution >= 0.6 is 23.5 Å². The van der Waals surface area contributed by atoms with Crippen molar-refractivity contribution in [2.45, 2.75) is 36.7 Å². The molecule has 1 aromatic carbocycles. The Morgan fingerprint density at radius 2 is 2.18 bits per heavy atom. The van der Waals surface area contributed by atoms with Crippen LogP contribution in [0, 0.1) is 0 Å². The zero-order valence-corrected chi connectivity index (χ0v) is 17.3. The van der Waals surface area contributed by atoms with Crippen LogP contribution in [0.5, 0.6) is 0 Å². The van der Waals surface area contributed by atoms with E-state index in [-0.39, 0.29) is 11.4 Å². The van der Waals surface area contributed by atoms with Crippen LogP contribution in [0.25, 0.3) is 0 Å². The number of nitrogens with zero attached hydrogens (tertiary/aromatic N) is 5. The average molecular weight is 417 g/mol. The smallest absolute Gasteiger partial charge is 0.263 e. The lowest BCUT2D eigenvalue weighted by Gasteiger charge is -2.36. The highest BCUT2D eigenvalue weighted by Crippen LogP contribution is 2.42. The highest BCUT2D eigenvalue weighted by Gasteiger charge is 2.40. The lowest BCUT2D eigenvalue weighted by Crippen LogP contribution is -2.49. The Bertz CT molecular complexity index is 998. The molecule has 0 spiro atoms. The molecule has 9 heteroatoms. The third-order valence-corrected chi connectivity index (χ3v) is 6.71. The van der Waals surface area contributed by atoms with Gasteiger partial charge in [0, 0.05) is 35.8 Å². The standard InChI is InChI=1S/C19H21ClN6OS/c1-19(3-4-19)23-28-13-7-14-16(15(20)8-13)25-6-5-21-18(25)26(17(14)27)11-12-9-22-24(2)10-12/h7-10,23H,3-6,11H2,1-2H3. The molecule has 0 unspecified atom stereocenters. The Morgan fingerprint density at radius 3 is 2.89 bits per heavy atom. The topological polar surface area (TPSA) is 65.8 Å². The van der Waals surface area contributed by atoms with Crippen molar-refractivity contribution in [2.75, 3.05) is 18.0 Å². The van der Waals surface area contributed by atoms with E-state index in [9.17, 15) is 4.79 Å². The molecule has 7 nitrogen and oxygen atoms in total. The highest BCUT2D eigenvalue weighted by molar-refractivity contribution is 7.97. The molecule has 1 fully saturated rings. The molecule has 0 bridgehead atoms. The third kappa shape index (κ3) is 3.09. The number of benzene rings is 1. The second-order valence-corrected chi connectivity index (χ2v) is 9.10. The molecular formula is C19H21ClN6OS. The first kappa shape index (κ1) is 18.0. The SMILES string of the molecule is Cn1cc(CN2C(=O)c3cc(SNC4(C)CC4)cc(Cl)c3N3CCN=C23)cn1. The van der Waals surface area contributed by atoms with E-state index in [2.05, 4.69) is 26.6 Å². The number of fused-ring (bicyclic) bond motifs is 3. The molecule has 3 aliphatic rings. The van der Waals surface area contributed by atoms with Gasteiger partial charge in [-0.15, -0.1) is 0 Å². The van der Waals surface area contributed by atoms with Gasteiger partial charge < -0.3 is 4.90 Å². The summed E-state index contributed by atoms with van der Waals surface area (Å²) in [6.45, 7) is 4.01. The number of carbonyl (C=O) groups is 1. The van der Waals surface area contributed by atoms with Crippen molar-refractivity contribution in [3.8, 4) is 0 Å². The van der Waals surface area contributed by atoms with Crippen LogP contribution in [-0.4, -0.2) is 45.2 Å². The fraction of sp³-hybridized carbons (Fsp3) is 0.421. The van der Waals surface area contributed by atoms with Gasteiger partial charge in [0.05, 0.1) is 35.6 Å². The molecule has 1 N–H and O–H groups in total. The Balaban J connectivity index is 1.50. The van der Waals surface area contributed by atoms with Gasteiger partial charge in [0.2, 0.25) is 5.96 Å². The number of anilines is 1. The Hall–Kier alpha value is -2.03. The summed E-state index contributed by atoms with van der Waals surface area (Å²) >= 11 is 8.18. The first-order valence-electron chi connectivity index (χ1n) is 9.32. The van der Waals surface area contributed by atoms with Crippen LogP contribution in [0.15, 0.2) is 34.4 Å². The number of carbonyl (C=O) groups excluding carboxylic acids is 1. The zero-order chi connectivity index (χ0) is 19.5. The van der Waals surface area contributed by atoms with Crippen LogP contribution in [0.1, 0.15) is 35.7 Å². The average Bonchev–Trinajstić information content (AvgIpc) is 3.04. The van der Waals surface area contributed by atoms with E-state index in [1.54, 1.807) is 27.7 Å². The molecule has 3 heterocycles. The normalized spacial score (nSPS) is 19.5. The number of halogens is 1. The van der Waals surface area contributed by atoms with E-state index in [4.69, 9.17) is 11.6 Å². The number of aliphatic imine (C=N–C) groups is 1. The van der Waals surface area contributed by atoms with Crippen molar-refractivity contribution in [3.63, 3.8) is 0 Å². The molecule has 1 amide bonds. The van der Waals surface area contributed by atoms with Gasteiger partial charge in [0.1, 0.15) is 0 Å². The quantitative estimate of drug-likeness (QED) is 0.759. The van der Waals surface area contributed by atoms with Crippen molar-refractivity contribution >= 4 is 41.1 Å². The van der Waals surface area contributed by atoms with Gasteiger partial charge in [-0.3, -0.25) is 24.1 Å². The molecule has 28 heavy (non-hydrogen) atoms. The van der Waals surface area contributed by atoms with E-state index in [0.29, 0.717) is 29.6 Å². The minimum absolute atomic E-state index is 0.0715. The Labute approximate surface area is 172 Å². The molecule has 0 radical (unpaired) electrons. The van der Waals surface area contributed by atoms with Crippen molar-refractivity contribution < 1.29 is 4.79 Å². The molecule has 0 atom stereocenters. The number of hydrogen-bond donors (Lipinski definition) is 1. The number of guanidine groups is 1. The molecular weight excluding hydrogens is 396 g/mol. The second kappa shape index (κ2) is 6.50. The maximum absolute atomic E-state index is 13.4. The number of amides is 1. The fourth-order valence-corrected chi connectivity index (χ4v) is 4.84. The van der Waals surface area contributed by atoms with Crippen LogP contribution in [0.3, 0.4) is 0 Å². The lowest BCUT2D eigenvalue weighted by atomic mass is 10.1. The van der Waals surface area contributed by atoms with Gasteiger partial charge in [0.15, 0.2) is 0 Å². The molecule has 2 aromatic rings. The molecule has 1 aromatic heterocycles. The number of rotatable bonds is 5. The second-order valence-electron chi connectivity index (χ2n) is 7.81. The van der Waals surface area contributed by atoms with Gasteiger partial charge >= 0.3 is 0 Å². The summed E-state index contributed by atoms with van der Waals surface area (Å²) in [5.41, 5.74) is 2.56. The van der Waals surface area contributed by atoms with Crippen molar-refractivity contribution in [3.05, 3.63) is 40.7 Å². The van der Waals surface area contributed by atoms with E-state index in [1.165, 1.54) is 12.8 Å². The lowest BCUT2D eigenvalue weighted by molar-refractivity contribution is 0.0833. The monoisotopic (exact) mass is 416 g/mol. The Morgan fingerprint density at radius 1 is 1.36 bits per heavy atom. The van der Waals surface area contributed by atoms with E-state index >= 15 is 0 Å². The van der Waals surface area contributed by atoms with Crippen LogP contribution in [0.2, 0.25) is 5.02 Å². The maximum Gasteiger partial charge on any atom is 0.263 e. The number of aromatic nitrogens is 2. The number of hydrogen-bond acceptors (Lipinski definition) is 6. The van der Waals surface area contributed by atoms with Gasteiger partial charge in [-0.1, -0.05) is 11.6 Å². The molecule has 2 aliphatic heterocycles. The molecule has 1 aliphatic carbocycles. The zero-order valence-electron chi connectivity index (χ0n) is 15.8.